The molecule has 5 heteroatoms. The van der Waals surface area contributed by atoms with Crippen molar-refractivity contribution in [1.29, 1.82) is 0 Å². The third-order valence-electron chi connectivity index (χ3n) is 4.81. The van der Waals surface area contributed by atoms with Crippen molar-refractivity contribution in [2.24, 2.45) is 0 Å². The van der Waals surface area contributed by atoms with Crippen LogP contribution in [0.1, 0.15) is 17.5 Å². The Bertz CT molecular complexity index is 944. The molecule has 0 spiro atoms. The van der Waals surface area contributed by atoms with Gasteiger partial charge >= 0.3 is 0 Å². The van der Waals surface area contributed by atoms with Crippen molar-refractivity contribution in [3.05, 3.63) is 65.3 Å². The largest absolute Gasteiger partial charge is 0.497 e. The summed E-state index contributed by atoms with van der Waals surface area (Å²) in [6.45, 7) is 0. The fraction of sp³-hybridized carbons (Fsp3) is 0.250. The van der Waals surface area contributed by atoms with E-state index in [-0.39, 0.29) is 0 Å². The van der Waals surface area contributed by atoms with Gasteiger partial charge in [0, 0.05) is 11.6 Å². The van der Waals surface area contributed by atoms with Crippen LogP contribution >= 0.6 is 0 Å². The maximum absolute atomic E-state index is 5.65. The normalized spacial score (nSPS) is 13.1. The lowest BCUT2D eigenvalue weighted by Crippen LogP contribution is -1.97. The van der Waals surface area contributed by atoms with Crippen molar-refractivity contribution >= 4 is 11.6 Å². The van der Waals surface area contributed by atoms with Gasteiger partial charge in [0.25, 0.3) is 0 Å². The van der Waals surface area contributed by atoms with Crippen molar-refractivity contribution in [1.82, 2.24) is 0 Å². The number of methoxy groups -OCH3 is 5. The number of hydrogen-bond donors (Lipinski definition) is 0. The van der Waals surface area contributed by atoms with E-state index < -0.39 is 0 Å². The van der Waals surface area contributed by atoms with E-state index in [0.717, 1.165) is 34.6 Å². The second kappa shape index (κ2) is 9.24. The quantitative estimate of drug-likeness (QED) is 0.579. The van der Waals surface area contributed by atoms with Gasteiger partial charge in [0.2, 0.25) is 5.75 Å². The molecule has 0 saturated heterocycles. The summed E-state index contributed by atoms with van der Waals surface area (Å²) in [5.74, 6) is 3.28. The molecule has 0 fully saturated rings. The minimum atomic E-state index is 0.567. The van der Waals surface area contributed by atoms with Crippen LogP contribution in [0.4, 0.5) is 0 Å². The molecule has 152 valence electrons. The SMILES string of the molecule is COc1ccc(/C(=C/c2cc(OC)c(OC)c(OC)c2)C2=CC=CC2)c(OC)c1. The Morgan fingerprint density at radius 3 is 2.00 bits per heavy atom. The minimum absolute atomic E-state index is 0.567. The summed E-state index contributed by atoms with van der Waals surface area (Å²) in [5, 5.41) is 0. The fourth-order valence-corrected chi connectivity index (χ4v) is 3.36. The Labute approximate surface area is 171 Å². The number of hydrogen-bond acceptors (Lipinski definition) is 5. The van der Waals surface area contributed by atoms with Gasteiger partial charge in [0.1, 0.15) is 11.5 Å². The van der Waals surface area contributed by atoms with Gasteiger partial charge in [-0.2, -0.15) is 0 Å². The molecule has 1 aliphatic carbocycles. The van der Waals surface area contributed by atoms with Gasteiger partial charge in [-0.1, -0.05) is 18.2 Å². The third-order valence-corrected chi connectivity index (χ3v) is 4.81. The topological polar surface area (TPSA) is 46.2 Å². The first-order valence-corrected chi connectivity index (χ1v) is 9.25. The summed E-state index contributed by atoms with van der Waals surface area (Å²) in [6, 6.07) is 9.70. The van der Waals surface area contributed by atoms with E-state index in [1.165, 1.54) is 5.57 Å². The lowest BCUT2D eigenvalue weighted by Gasteiger charge is -2.16. The molecule has 2 aromatic carbocycles. The van der Waals surface area contributed by atoms with Crippen LogP contribution in [-0.2, 0) is 0 Å². The Hall–Kier alpha value is -3.34. The molecular formula is C24H26O5. The number of allylic oxidation sites excluding steroid dienone is 5. The second-order valence-electron chi connectivity index (χ2n) is 6.41. The maximum Gasteiger partial charge on any atom is 0.203 e. The van der Waals surface area contributed by atoms with E-state index in [4.69, 9.17) is 23.7 Å². The summed E-state index contributed by atoms with van der Waals surface area (Å²) in [4.78, 5) is 0. The molecule has 1 aliphatic rings. The zero-order valence-corrected chi connectivity index (χ0v) is 17.4. The third kappa shape index (κ3) is 4.24. The standard InChI is InChI=1S/C24H26O5/c1-25-18-10-11-19(21(15-18)26-2)20(17-8-6-7-9-17)12-16-13-22(27-3)24(29-5)23(14-16)28-4/h6-8,10-15H,9H2,1-5H3/b20-12+. The van der Waals surface area contributed by atoms with E-state index >= 15 is 0 Å². The van der Waals surface area contributed by atoms with E-state index in [1.54, 1.807) is 35.5 Å². The lowest BCUT2D eigenvalue weighted by atomic mass is 9.93. The van der Waals surface area contributed by atoms with Gasteiger partial charge in [-0.25, -0.2) is 0 Å². The lowest BCUT2D eigenvalue weighted by molar-refractivity contribution is 0.324. The summed E-state index contributed by atoms with van der Waals surface area (Å²) < 4.78 is 27.5. The van der Waals surface area contributed by atoms with Crippen LogP contribution in [0.15, 0.2) is 54.1 Å². The highest BCUT2D eigenvalue weighted by Gasteiger charge is 2.17. The highest BCUT2D eigenvalue weighted by molar-refractivity contribution is 5.94. The van der Waals surface area contributed by atoms with E-state index in [1.807, 2.05) is 30.3 Å². The van der Waals surface area contributed by atoms with Crippen molar-refractivity contribution in [2.45, 2.75) is 6.42 Å². The maximum atomic E-state index is 5.65. The first kappa shape index (κ1) is 20.4. The molecule has 0 saturated carbocycles. The number of ether oxygens (including phenoxy) is 5. The predicted molar refractivity (Wildman–Crippen MR) is 115 cm³/mol. The Morgan fingerprint density at radius 2 is 1.48 bits per heavy atom. The summed E-state index contributed by atoms with van der Waals surface area (Å²) in [5.41, 5.74) is 4.17. The highest BCUT2D eigenvalue weighted by Crippen LogP contribution is 2.41. The zero-order valence-electron chi connectivity index (χ0n) is 17.4. The van der Waals surface area contributed by atoms with Crippen LogP contribution in [0.2, 0.25) is 0 Å². The van der Waals surface area contributed by atoms with Crippen LogP contribution in [0.5, 0.6) is 28.7 Å². The van der Waals surface area contributed by atoms with Crippen LogP contribution in [0.3, 0.4) is 0 Å². The molecule has 5 nitrogen and oxygen atoms in total. The van der Waals surface area contributed by atoms with Gasteiger partial charge in [0.15, 0.2) is 11.5 Å². The summed E-state index contributed by atoms with van der Waals surface area (Å²) in [6.07, 6.45) is 9.27. The van der Waals surface area contributed by atoms with E-state index in [2.05, 4.69) is 24.3 Å². The Morgan fingerprint density at radius 1 is 0.793 bits per heavy atom. The average Bonchev–Trinajstić information content (AvgIpc) is 3.30. The van der Waals surface area contributed by atoms with E-state index in [0.29, 0.717) is 17.2 Å². The van der Waals surface area contributed by atoms with Crippen molar-refractivity contribution in [3.63, 3.8) is 0 Å². The van der Waals surface area contributed by atoms with E-state index in [9.17, 15) is 0 Å². The van der Waals surface area contributed by atoms with Gasteiger partial charge in [-0.15, -0.1) is 0 Å². The average molecular weight is 394 g/mol. The van der Waals surface area contributed by atoms with Crippen LogP contribution < -0.4 is 23.7 Å². The smallest absolute Gasteiger partial charge is 0.203 e. The molecule has 29 heavy (non-hydrogen) atoms. The van der Waals surface area contributed by atoms with Gasteiger partial charge in [-0.3, -0.25) is 0 Å². The van der Waals surface area contributed by atoms with Crippen LogP contribution in [-0.4, -0.2) is 35.5 Å². The molecule has 0 amide bonds. The van der Waals surface area contributed by atoms with Crippen LogP contribution in [0.25, 0.3) is 11.6 Å². The molecule has 2 aromatic rings. The van der Waals surface area contributed by atoms with Crippen molar-refractivity contribution < 1.29 is 23.7 Å². The molecule has 0 bridgehead atoms. The first-order chi connectivity index (χ1) is 14.1. The van der Waals surface area contributed by atoms with Gasteiger partial charge in [0.05, 0.1) is 35.5 Å². The summed E-state index contributed by atoms with van der Waals surface area (Å²) in [7, 11) is 8.13. The van der Waals surface area contributed by atoms with Gasteiger partial charge in [-0.05, 0) is 53.5 Å². The molecule has 0 aromatic heterocycles. The highest BCUT2D eigenvalue weighted by atomic mass is 16.5. The first-order valence-electron chi connectivity index (χ1n) is 9.25. The Kier molecular flexibility index (Phi) is 6.50. The molecular weight excluding hydrogens is 368 g/mol. The molecule has 0 N–H and O–H groups in total. The molecule has 0 unspecified atom stereocenters. The molecule has 3 rings (SSSR count). The van der Waals surface area contributed by atoms with Crippen molar-refractivity contribution in [3.8, 4) is 28.7 Å². The monoisotopic (exact) mass is 394 g/mol. The van der Waals surface area contributed by atoms with Crippen molar-refractivity contribution in [2.75, 3.05) is 35.5 Å². The predicted octanol–water partition coefficient (Wildman–Crippen LogP) is 5.16. The van der Waals surface area contributed by atoms with Crippen LogP contribution in [0, 0.1) is 0 Å². The minimum Gasteiger partial charge on any atom is -0.497 e. The summed E-state index contributed by atoms with van der Waals surface area (Å²) >= 11 is 0. The molecule has 0 radical (unpaired) electrons. The molecule has 0 heterocycles. The zero-order chi connectivity index (χ0) is 20.8. The molecule has 0 aliphatic heterocycles. The molecule has 0 atom stereocenters. The second-order valence-corrected chi connectivity index (χ2v) is 6.41. The Balaban J connectivity index is 2.18. The fourth-order valence-electron chi connectivity index (χ4n) is 3.36. The number of benzene rings is 2. The van der Waals surface area contributed by atoms with Gasteiger partial charge < -0.3 is 23.7 Å². The number of rotatable bonds is 8.